The molecule has 0 saturated carbocycles. The molecule has 1 fully saturated rings. The maximum Gasteiger partial charge on any atom is 0.267 e. The number of halogens is 2. The van der Waals surface area contributed by atoms with Gasteiger partial charge in [0.2, 0.25) is 0 Å². The number of nitrogens with one attached hydrogen (secondary N) is 1. The van der Waals surface area contributed by atoms with Crippen LogP contribution in [0.25, 0.3) is 0 Å². The fraction of sp³-hybridized carbons (Fsp3) is 0.571. The monoisotopic (exact) mass is 255 g/mol. The van der Waals surface area contributed by atoms with Crippen molar-refractivity contribution in [3.05, 3.63) is 28.8 Å². The number of ether oxygens (including phenoxy) is 1. The normalized spacial score (nSPS) is 23.7. The van der Waals surface area contributed by atoms with Gasteiger partial charge in [-0.05, 0) is 44.9 Å². The minimum absolute atomic E-state index is 0.0203. The van der Waals surface area contributed by atoms with Crippen molar-refractivity contribution in [2.75, 3.05) is 13.7 Å². The van der Waals surface area contributed by atoms with Crippen LogP contribution >= 0.6 is 0 Å². The van der Waals surface area contributed by atoms with Gasteiger partial charge in [-0.2, -0.15) is 0 Å². The molecule has 0 radical (unpaired) electrons. The van der Waals surface area contributed by atoms with E-state index in [0.717, 1.165) is 30.5 Å². The van der Waals surface area contributed by atoms with Crippen molar-refractivity contribution in [1.82, 2.24) is 5.32 Å². The van der Waals surface area contributed by atoms with E-state index in [1.54, 1.807) is 6.07 Å². The highest BCUT2D eigenvalue weighted by Crippen LogP contribution is 2.42. The molecule has 0 amide bonds. The molecule has 1 aliphatic heterocycles. The van der Waals surface area contributed by atoms with Crippen LogP contribution in [0.2, 0.25) is 0 Å². The fourth-order valence-electron chi connectivity index (χ4n) is 2.88. The Balaban J connectivity index is 2.60. The average molecular weight is 255 g/mol. The van der Waals surface area contributed by atoms with Gasteiger partial charge in [-0.1, -0.05) is 6.07 Å². The number of methoxy groups -OCH3 is 1. The Kier molecular flexibility index (Phi) is 3.57. The van der Waals surface area contributed by atoms with Crippen molar-refractivity contribution in [3.63, 3.8) is 0 Å². The first-order chi connectivity index (χ1) is 8.49. The standard InChI is InChI=1S/C14H19F2NO/c1-9-5-6-10(13(15)16)12(18-3)11(9)14(2)7-4-8-17-14/h5-6,13,17H,4,7-8H2,1-3H3. The Bertz CT molecular complexity index is 440. The molecule has 100 valence electrons. The first kappa shape index (κ1) is 13.3. The number of benzene rings is 1. The van der Waals surface area contributed by atoms with Crippen LogP contribution in [0.3, 0.4) is 0 Å². The van der Waals surface area contributed by atoms with Gasteiger partial charge in [-0.15, -0.1) is 0 Å². The lowest BCUT2D eigenvalue weighted by atomic mass is 9.85. The Hall–Kier alpha value is -1.16. The molecule has 1 heterocycles. The van der Waals surface area contributed by atoms with Crippen LogP contribution in [0.15, 0.2) is 12.1 Å². The molecule has 0 bridgehead atoms. The van der Waals surface area contributed by atoms with Crippen molar-refractivity contribution in [3.8, 4) is 5.75 Å². The molecule has 2 rings (SSSR count). The third kappa shape index (κ3) is 2.09. The quantitative estimate of drug-likeness (QED) is 0.892. The minimum Gasteiger partial charge on any atom is -0.496 e. The number of aryl methyl sites for hydroxylation is 1. The van der Waals surface area contributed by atoms with Crippen LogP contribution < -0.4 is 10.1 Å². The predicted molar refractivity (Wildman–Crippen MR) is 67.3 cm³/mol. The molecule has 1 aromatic rings. The molecule has 4 heteroatoms. The van der Waals surface area contributed by atoms with Gasteiger partial charge in [0.15, 0.2) is 0 Å². The summed E-state index contributed by atoms with van der Waals surface area (Å²) in [6.45, 7) is 4.91. The van der Waals surface area contributed by atoms with Crippen molar-refractivity contribution in [2.45, 2.75) is 38.7 Å². The largest absolute Gasteiger partial charge is 0.496 e. The summed E-state index contributed by atoms with van der Waals surface area (Å²) in [6, 6.07) is 3.21. The van der Waals surface area contributed by atoms with Crippen LogP contribution in [0, 0.1) is 6.92 Å². The number of hydrogen-bond donors (Lipinski definition) is 1. The van der Waals surface area contributed by atoms with Crippen molar-refractivity contribution in [1.29, 1.82) is 0 Å². The SMILES string of the molecule is COc1c(C(F)F)ccc(C)c1C1(C)CCCN1. The fourth-order valence-corrected chi connectivity index (χ4v) is 2.88. The Morgan fingerprint density at radius 1 is 1.39 bits per heavy atom. The summed E-state index contributed by atoms with van der Waals surface area (Å²) < 4.78 is 31.4. The Morgan fingerprint density at radius 3 is 2.61 bits per heavy atom. The maximum atomic E-state index is 13.0. The molecule has 0 aromatic heterocycles. The first-order valence-corrected chi connectivity index (χ1v) is 6.21. The summed E-state index contributed by atoms with van der Waals surface area (Å²) in [5.74, 6) is 0.335. The summed E-state index contributed by atoms with van der Waals surface area (Å²) in [6.07, 6.45) is -0.515. The van der Waals surface area contributed by atoms with E-state index in [-0.39, 0.29) is 11.1 Å². The second-order valence-corrected chi connectivity index (χ2v) is 5.04. The molecule has 0 spiro atoms. The Morgan fingerprint density at radius 2 is 2.11 bits per heavy atom. The van der Waals surface area contributed by atoms with E-state index in [1.807, 2.05) is 6.92 Å². The summed E-state index contributed by atoms with van der Waals surface area (Å²) in [5.41, 5.74) is 1.59. The molecular weight excluding hydrogens is 236 g/mol. The zero-order valence-electron chi connectivity index (χ0n) is 11.0. The van der Waals surface area contributed by atoms with Crippen molar-refractivity contribution < 1.29 is 13.5 Å². The lowest BCUT2D eigenvalue weighted by Gasteiger charge is -2.30. The Labute approximate surface area is 106 Å². The molecule has 18 heavy (non-hydrogen) atoms. The van der Waals surface area contributed by atoms with Crippen molar-refractivity contribution in [2.24, 2.45) is 0 Å². The highest BCUT2D eigenvalue weighted by molar-refractivity contribution is 5.50. The third-order valence-electron chi connectivity index (χ3n) is 3.76. The molecule has 1 unspecified atom stereocenters. The summed E-state index contributed by atoms with van der Waals surface area (Å²) in [5, 5.41) is 3.41. The lowest BCUT2D eigenvalue weighted by Crippen LogP contribution is -2.34. The molecule has 2 nitrogen and oxygen atoms in total. The van der Waals surface area contributed by atoms with E-state index in [1.165, 1.54) is 13.2 Å². The van der Waals surface area contributed by atoms with Gasteiger partial charge < -0.3 is 10.1 Å². The summed E-state index contributed by atoms with van der Waals surface area (Å²) >= 11 is 0. The first-order valence-electron chi connectivity index (χ1n) is 6.21. The maximum absolute atomic E-state index is 13.0. The van der Waals surface area contributed by atoms with Gasteiger partial charge in [0.05, 0.1) is 12.7 Å². The minimum atomic E-state index is -2.51. The van der Waals surface area contributed by atoms with Crippen LogP contribution in [0.1, 0.15) is 42.9 Å². The second-order valence-electron chi connectivity index (χ2n) is 5.04. The summed E-state index contributed by atoms with van der Waals surface area (Å²) in [4.78, 5) is 0. The molecule has 0 aliphatic carbocycles. The zero-order valence-corrected chi connectivity index (χ0v) is 11.0. The highest BCUT2D eigenvalue weighted by atomic mass is 19.3. The van der Waals surface area contributed by atoms with Gasteiger partial charge in [-0.3, -0.25) is 0 Å². The smallest absolute Gasteiger partial charge is 0.267 e. The van der Waals surface area contributed by atoms with Gasteiger partial charge in [0, 0.05) is 11.1 Å². The molecule has 1 atom stereocenters. The van der Waals surface area contributed by atoms with Crippen LogP contribution in [0.4, 0.5) is 8.78 Å². The van der Waals surface area contributed by atoms with E-state index in [0.29, 0.717) is 5.75 Å². The second kappa shape index (κ2) is 4.84. The van der Waals surface area contributed by atoms with E-state index in [4.69, 9.17) is 4.74 Å². The summed E-state index contributed by atoms with van der Waals surface area (Å²) in [7, 11) is 1.46. The van der Waals surface area contributed by atoms with Crippen LogP contribution in [-0.4, -0.2) is 13.7 Å². The average Bonchev–Trinajstić information content (AvgIpc) is 2.75. The zero-order chi connectivity index (χ0) is 13.3. The highest BCUT2D eigenvalue weighted by Gasteiger charge is 2.35. The van der Waals surface area contributed by atoms with Gasteiger partial charge in [0.1, 0.15) is 5.75 Å². The predicted octanol–water partition coefficient (Wildman–Crippen LogP) is 3.54. The number of hydrogen-bond acceptors (Lipinski definition) is 2. The molecular formula is C14H19F2NO. The van der Waals surface area contributed by atoms with Crippen LogP contribution in [-0.2, 0) is 5.54 Å². The van der Waals surface area contributed by atoms with Crippen molar-refractivity contribution >= 4 is 0 Å². The van der Waals surface area contributed by atoms with Crippen LogP contribution in [0.5, 0.6) is 5.75 Å². The molecule has 1 aliphatic rings. The molecule has 1 saturated heterocycles. The van der Waals surface area contributed by atoms with E-state index in [2.05, 4.69) is 12.2 Å². The topological polar surface area (TPSA) is 21.3 Å². The van der Waals surface area contributed by atoms with E-state index in [9.17, 15) is 8.78 Å². The van der Waals surface area contributed by atoms with Gasteiger partial charge >= 0.3 is 0 Å². The van der Waals surface area contributed by atoms with Gasteiger partial charge in [0.25, 0.3) is 6.43 Å². The number of rotatable bonds is 3. The number of alkyl halides is 2. The molecule has 1 aromatic carbocycles. The molecule has 1 N–H and O–H groups in total. The lowest BCUT2D eigenvalue weighted by molar-refractivity contribution is 0.146. The van der Waals surface area contributed by atoms with Gasteiger partial charge in [-0.25, -0.2) is 8.78 Å². The third-order valence-corrected chi connectivity index (χ3v) is 3.76. The van der Waals surface area contributed by atoms with E-state index < -0.39 is 6.43 Å². The van der Waals surface area contributed by atoms with E-state index >= 15 is 0 Å².